The van der Waals surface area contributed by atoms with Crippen molar-refractivity contribution in [3.63, 3.8) is 0 Å². The van der Waals surface area contributed by atoms with E-state index >= 15 is 0 Å². The van der Waals surface area contributed by atoms with Crippen LogP contribution in [0.1, 0.15) is 40.8 Å². The largest absolute Gasteiger partial charge is 0.340 e. The van der Waals surface area contributed by atoms with Gasteiger partial charge in [-0.2, -0.15) is 4.98 Å². The van der Waals surface area contributed by atoms with E-state index in [1.807, 2.05) is 0 Å². The summed E-state index contributed by atoms with van der Waals surface area (Å²) in [6.07, 6.45) is 1.53. The molecule has 0 unspecified atom stereocenters. The zero-order valence-electron chi connectivity index (χ0n) is 13.2. The Morgan fingerprint density at radius 1 is 1.25 bits per heavy atom. The van der Waals surface area contributed by atoms with Crippen molar-refractivity contribution in [1.29, 1.82) is 0 Å². The van der Waals surface area contributed by atoms with E-state index in [0.717, 1.165) is 12.8 Å². The summed E-state index contributed by atoms with van der Waals surface area (Å²) in [7, 11) is -3.75. The minimum atomic E-state index is -3.75. The molecule has 8 nitrogen and oxygen atoms in total. The molecule has 1 aliphatic heterocycles. The normalized spacial score (nSPS) is 16.3. The number of carbonyl (C=O) groups excluding carboxylic acids is 1. The van der Waals surface area contributed by atoms with Gasteiger partial charge in [-0.15, -0.1) is 0 Å². The van der Waals surface area contributed by atoms with Gasteiger partial charge >= 0.3 is 0 Å². The number of benzene rings is 1. The SMILES string of the molecule is Cc1nc(C2CCN(C(=O)c3ccc(S(N)(=O)=O)cc3)CC2)no1. The Balaban J connectivity index is 1.65. The van der Waals surface area contributed by atoms with E-state index in [4.69, 9.17) is 9.66 Å². The fraction of sp³-hybridized carbons (Fsp3) is 0.400. The molecule has 0 saturated carbocycles. The van der Waals surface area contributed by atoms with Crippen LogP contribution >= 0.6 is 0 Å². The summed E-state index contributed by atoms with van der Waals surface area (Å²) in [5.74, 6) is 1.30. The predicted octanol–water partition coefficient (Wildman–Crippen LogP) is 1.05. The second kappa shape index (κ2) is 6.33. The van der Waals surface area contributed by atoms with Gasteiger partial charge in [0.2, 0.25) is 15.9 Å². The molecule has 9 heteroatoms. The molecule has 1 aliphatic rings. The molecule has 0 radical (unpaired) electrons. The van der Waals surface area contributed by atoms with Gasteiger partial charge in [-0.3, -0.25) is 4.79 Å². The van der Waals surface area contributed by atoms with Gasteiger partial charge in [-0.05, 0) is 37.1 Å². The van der Waals surface area contributed by atoms with Crippen molar-refractivity contribution < 1.29 is 17.7 Å². The van der Waals surface area contributed by atoms with Crippen molar-refractivity contribution in [3.05, 3.63) is 41.5 Å². The van der Waals surface area contributed by atoms with E-state index in [1.54, 1.807) is 11.8 Å². The highest BCUT2D eigenvalue weighted by molar-refractivity contribution is 7.89. The van der Waals surface area contributed by atoms with Crippen LogP contribution in [0.25, 0.3) is 0 Å². The lowest BCUT2D eigenvalue weighted by Crippen LogP contribution is -2.38. The highest BCUT2D eigenvalue weighted by Crippen LogP contribution is 2.26. The average Bonchev–Trinajstić information content (AvgIpc) is 3.00. The number of nitrogens with zero attached hydrogens (tertiary/aromatic N) is 3. The maximum absolute atomic E-state index is 12.5. The second-order valence-corrected chi connectivity index (χ2v) is 7.37. The number of amides is 1. The second-order valence-electron chi connectivity index (χ2n) is 5.81. The van der Waals surface area contributed by atoms with Crippen molar-refractivity contribution >= 4 is 15.9 Å². The fourth-order valence-corrected chi connectivity index (χ4v) is 3.31. The standard InChI is InChI=1S/C15H18N4O4S/c1-10-17-14(18-23-10)11-6-8-19(9-7-11)15(20)12-2-4-13(5-3-12)24(16,21)22/h2-5,11H,6-9H2,1H3,(H2,16,21,22). The summed E-state index contributed by atoms with van der Waals surface area (Å²) in [6, 6.07) is 5.65. The number of aryl methyl sites for hydroxylation is 1. The van der Waals surface area contributed by atoms with Crippen LogP contribution < -0.4 is 5.14 Å². The monoisotopic (exact) mass is 350 g/mol. The number of piperidine rings is 1. The smallest absolute Gasteiger partial charge is 0.253 e. The van der Waals surface area contributed by atoms with Crippen LogP contribution in [0.4, 0.5) is 0 Å². The van der Waals surface area contributed by atoms with E-state index in [-0.39, 0.29) is 16.7 Å². The predicted molar refractivity (Wildman–Crippen MR) is 84.7 cm³/mol. The molecule has 0 spiro atoms. The third-order valence-corrected chi connectivity index (χ3v) is 5.05. The molecule has 2 N–H and O–H groups in total. The molecule has 24 heavy (non-hydrogen) atoms. The van der Waals surface area contributed by atoms with Gasteiger partial charge in [0, 0.05) is 31.5 Å². The molecule has 1 fully saturated rings. The molecule has 2 heterocycles. The topological polar surface area (TPSA) is 119 Å². The molecule has 1 aromatic heterocycles. The number of sulfonamides is 1. The van der Waals surface area contributed by atoms with Crippen molar-refractivity contribution in [2.24, 2.45) is 5.14 Å². The molecular weight excluding hydrogens is 332 g/mol. The molecule has 3 rings (SSSR count). The molecule has 1 aromatic carbocycles. The first-order valence-electron chi connectivity index (χ1n) is 7.57. The van der Waals surface area contributed by atoms with Crippen LogP contribution in [-0.4, -0.2) is 42.5 Å². The maximum Gasteiger partial charge on any atom is 0.253 e. The Morgan fingerprint density at radius 3 is 2.38 bits per heavy atom. The quantitative estimate of drug-likeness (QED) is 0.883. The summed E-state index contributed by atoms with van der Waals surface area (Å²) in [5, 5.41) is 9.00. The minimum absolute atomic E-state index is 0.00904. The Morgan fingerprint density at radius 2 is 1.88 bits per heavy atom. The van der Waals surface area contributed by atoms with Crippen LogP contribution in [-0.2, 0) is 10.0 Å². The Kier molecular flexibility index (Phi) is 4.37. The van der Waals surface area contributed by atoms with Crippen LogP contribution in [0.2, 0.25) is 0 Å². The third-order valence-electron chi connectivity index (χ3n) is 4.12. The van der Waals surface area contributed by atoms with Gasteiger partial charge in [-0.25, -0.2) is 13.6 Å². The van der Waals surface area contributed by atoms with Gasteiger partial charge in [0.1, 0.15) is 0 Å². The first-order valence-corrected chi connectivity index (χ1v) is 9.11. The molecule has 0 bridgehead atoms. The number of primary sulfonamides is 1. The Bertz CT molecular complexity index is 837. The summed E-state index contributed by atoms with van der Waals surface area (Å²) >= 11 is 0. The van der Waals surface area contributed by atoms with Crippen LogP contribution in [0.5, 0.6) is 0 Å². The van der Waals surface area contributed by atoms with Crippen molar-refractivity contribution in [3.8, 4) is 0 Å². The average molecular weight is 350 g/mol. The van der Waals surface area contributed by atoms with Gasteiger partial charge < -0.3 is 9.42 Å². The first-order chi connectivity index (χ1) is 11.3. The number of carbonyl (C=O) groups is 1. The zero-order chi connectivity index (χ0) is 17.3. The lowest BCUT2D eigenvalue weighted by molar-refractivity contribution is 0.0710. The van der Waals surface area contributed by atoms with Gasteiger partial charge in [0.15, 0.2) is 5.82 Å². The van der Waals surface area contributed by atoms with Gasteiger partial charge in [-0.1, -0.05) is 5.16 Å². The van der Waals surface area contributed by atoms with Crippen LogP contribution in [0.3, 0.4) is 0 Å². The number of hydrogen-bond donors (Lipinski definition) is 1. The van der Waals surface area contributed by atoms with Crippen LogP contribution in [0.15, 0.2) is 33.7 Å². The molecule has 1 saturated heterocycles. The molecule has 2 aromatic rings. The summed E-state index contributed by atoms with van der Waals surface area (Å²) in [5.41, 5.74) is 0.441. The van der Waals surface area contributed by atoms with Crippen molar-refractivity contribution in [2.75, 3.05) is 13.1 Å². The fourth-order valence-electron chi connectivity index (χ4n) is 2.79. The molecule has 0 aliphatic carbocycles. The van der Waals surface area contributed by atoms with E-state index in [0.29, 0.717) is 30.4 Å². The minimum Gasteiger partial charge on any atom is -0.340 e. The summed E-state index contributed by atoms with van der Waals surface area (Å²) in [6.45, 7) is 2.93. The highest BCUT2D eigenvalue weighted by Gasteiger charge is 2.27. The van der Waals surface area contributed by atoms with Crippen molar-refractivity contribution in [1.82, 2.24) is 15.0 Å². The Hall–Kier alpha value is -2.26. The lowest BCUT2D eigenvalue weighted by atomic mass is 9.95. The van der Waals surface area contributed by atoms with Crippen LogP contribution in [0, 0.1) is 6.92 Å². The van der Waals surface area contributed by atoms with Crippen molar-refractivity contribution in [2.45, 2.75) is 30.6 Å². The van der Waals surface area contributed by atoms with Gasteiger partial charge in [0.25, 0.3) is 5.91 Å². The Labute approximate surface area is 139 Å². The molecule has 1 amide bonds. The summed E-state index contributed by atoms with van der Waals surface area (Å²) in [4.78, 5) is 18.5. The number of hydrogen-bond acceptors (Lipinski definition) is 6. The van der Waals surface area contributed by atoms with Gasteiger partial charge in [0.05, 0.1) is 4.90 Å². The maximum atomic E-state index is 12.5. The number of nitrogens with two attached hydrogens (primary N) is 1. The summed E-state index contributed by atoms with van der Waals surface area (Å²) < 4.78 is 27.5. The van der Waals surface area contributed by atoms with E-state index < -0.39 is 10.0 Å². The van der Waals surface area contributed by atoms with E-state index in [2.05, 4.69) is 10.1 Å². The molecule has 0 atom stereocenters. The number of aromatic nitrogens is 2. The highest BCUT2D eigenvalue weighted by atomic mass is 32.2. The molecule has 128 valence electrons. The number of likely N-dealkylation sites (tertiary alicyclic amines) is 1. The zero-order valence-corrected chi connectivity index (χ0v) is 14.0. The number of rotatable bonds is 3. The van der Waals surface area contributed by atoms with E-state index in [9.17, 15) is 13.2 Å². The molecular formula is C15H18N4O4S. The third kappa shape index (κ3) is 3.46. The lowest BCUT2D eigenvalue weighted by Gasteiger charge is -2.30. The first kappa shape index (κ1) is 16.6. The van der Waals surface area contributed by atoms with E-state index in [1.165, 1.54) is 24.3 Å².